The van der Waals surface area contributed by atoms with Gasteiger partial charge in [-0.15, -0.1) is 0 Å². The van der Waals surface area contributed by atoms with Crippen LogP contribution in [0.4, 0.5) is 0 Å². The Morgan fingerprint density at radius 1 is 1.30 bits per heavy atom. The molecule has 1 amide bonds. The fourth-order valence-corrected chi connectivity index (χ4v) is 2.09. The van der Waals surface area contributed by atoms with E-state index in [1.807, 2.05) is 32.0 Å². The van der Waals surface area contributed by atoms with Crippen LogP contribution in [0.2, 0.25) is 0 Å². The van der Waals surface area contributed by atoms with Gasteiger partial charge in [0.25, 0.3) is 5.91 Å². The number of methoxy groups -OCH3 is 1. The summed E-state index contributed by atoms with van der Waals surface area (Å²) in [4.78, 5) is 23.4. The molecule has 1 aromatic carbocycles. The molecule has 1 unspecified atom stereocenters. The summed E-state index contributed by atoms with van der Waals surface area (Å²) >= 11 is 0. The Morgan fingerprint density at radius 2 is 1.90 bits per heavy atom. The summed E-state index contributed by atoms with van der Waals surface area (Å²) in [6, 6.07) is 4.65. The number of aliphatic carboxylic acids is 1. The quantitative estimate of drug-likeness (QED) is 0.748. The van der Waals surface area contributed by atoms with Crippen LogP contribution in [0.1, 0.15) is 34.3 Å². The molecule has 1 atom stereocenters. The number of carbonyl (C=O) groups is 2. The molecule has 0 bridgehead atoms. The van der Waals surface area contributed by atoms with Crippen molar-refractivity contribution in [3.63, 3.8) is 0 Å². The highest BCUT2D eigenvalue weighted by atomic mass is 16.5. The second kappa shape index (κ2) is 7.65. The number of hydrogen-bond acceptors (Lipinski definition) is 3. The highest BCUT2D eigenvalue weighted by Gasteiger charge is 2.21. The zero-order valence-electron chi connectivity index (χ0n) is 12.1. The van der Waals surface area contributed by atoms with Crippen LogP contribution in [-0.2, 0) is 9.53 Å². The first-order valence-electron chi connectivity index (χ1n) is 6.56. The van der Waals surface area contributed by atoms with Crippen LogP contribution in [0.3, 0.4) is 0 Å². The van der Waals surface area contributed by atoms with Gasteiger partial charge in [-0.3, -0.25) is 4.79 Å². The first-order chi connectivity index (χ1) is 9.47. The normalized spacial score (nSPS) is 11.9. The Bertz CT molecular complexity index is 465. The largest absolute Gasteiger partial charge is 0.480 e. The van der Waals surface area contributed by atoms with Crippen LogP contribution in [0.5, 0.6) is 0 Å². The van der Waals surface area contributed by atoms with E-state index in [2.05, 4.69) is 5.32 Å². The zero-order chi connectivity index (χ0) is 15.1. The van der Waals surface area contributed by atoms with E-state index in [4.69, 9.17) is 9.84 Å². The fraction of sp³-hybridized carbons (Fsp3) is 0.467. The molecule has 0 aromatic heterocycles. The lowest BCUT2D eigenvalue weighted by molar-refractivity contribution is -0.139. The van der Waals surface area contributed by atoms with E-state index in [9.17, 15) is 9.59 Å². The number of amides is 1. The van der Waals surface area contributed by atoms with Crippen LogP contribution < -0.4 is 5.32 Å². The van der Waals surface area contributed by atoms with E-state index in [0.717, 1.165) is 11.1 Å². The first-order valence-corrected chi connectivity index (χ1v) is 6.56. The van der Waals surface area contributed by atoms with Crippen molar-refractivity contribution in [1.82, 2.24) is 5.32 Å². The molecular weight excluding hydrogens is 258 g/mol. The van der Waals surface area contributed by atoms with E-state index >= 15 is 0 Å². The number of rotatable bonds is 7. The molecule has 1 aromatic rings. The minimum atomic E-state index is -1.03. The summed E-state index contributed by atoms with van der Waals surface area (Å²) < 4.78 is 4.89. The molecule has 0 fully saturated rings. The number of carbonyl (C=O) groups excluding carboxylic acids is 1. The Morgan fingerprint density at radius 3 is 2.40 bits per heavy atom. The van der Waals surface area contributed by atoms with Gasteiger partial charge in [-0.2, -0.15) is 0 Å². The van der Waals surface area contributed by atoms with Crippen molar-refractivity contribution >= 4 is 11.9 Å². The lowest BCUT2D eigenvalue weighted by Gasteiger charge is -2.16. The number of benzene rings is 1. The molecule has 0 heterocycles. The number of aryl methyl sites for hydroxylation is 2. The van der Waals surface area contributed by atoms with Crippen LogP contribution in [0.25, 0.3) is 0 Å². The number of nitrogens with one attached hydrogen (secondary N) is 1. The van der Waals surface area contributed by atoms with Gasteiger partial charge in [0, 0.05) is 19.3 Å². The van der Waals surface area contributed by atoms with Crippen LogP contribution in [0.15, 0.2) is 18.2 Å². The molecule has 0 aliphatic carbocycles. The van der Waals surface area contributed by atoms with E-state index < -0.39 is 12.0 Å². The Hall–Kier alpha value is -1.88. The van der Waals surface area contributed by atoms with Gasteiger partial charge in [0.2, 0.25) is 0 Å². The van der Waals surface area contributed by atoms with Crippen molar-refractivity contribution in [3.8, 4) is 0 Å². The molecule has 5 heteroatoms. The molecule has 0 spiro atoms. The van der Waals surface area contributed by atoms with Gasteiger partial charge in [-0.25, -0.2) is 4.79 Å². The van der Waals surface area contributed by atoms with Gasteiger partial charge in [-0.1, -0.05) is 18.2 Å². The fourth-order valence-electron chi connectivity index (χ4n) is 2.09. The molecular formula is C15H21NO4. The molecule has 110 valence electrons. The Balaban J connectivity index is 2.78. The van der Waals surface area contributed by atoms with E-state index in [1.54, 1.807) is 7.11 Å². The summed E-state index contributed by atoms with van der Waals surface area (Å²) in [5, 5.41) is 11.7. The SMILES string of the molecule is COCCCC(NC(=O)c1c(C)cccc1C)C(=O)O. The maximum absolute atomic E-state index is 12.2. The predicted molar refractivity (Wildman–Crippen MR) is 75.9 cm³/mol. The van der Waals surface area contributed by atoms with Crippen molar-refractivity contribution in [1.29, 1.82) is 0 Å². The Labute approximate surface area is 118 Å². The number of hydrogen-bond donors (Lipinski definition) is 2. The topological polar surface area (TPSA) is 75.6 Å². The summed E-state index contributed by atoms with van der Waals surface area (Å²) in [7, 11) is 1.56. The number of ether oxygens (including phenoxy) is 1. The molecule has 0 radical (unpaired) electrons. The van der Waals surface area contributed by atoms with Crippen LogP contribution in [0, 0.1) is 13.8 Å². The standard InChI is InChI=1S/C15H21NO4/c1-10-6-4-7-11(2)13(10)14(17)16-12(15(18)19)8-5-9-20-3/h4,6-7,12H,5,8-9H2,1-3H3,(H,16,17)(H,18,19). The maximum Gasteiger partial charge on any atom is 0.326 e. The third-order valence-electron chi connectivity index (χ3n) is 3.15. The highest BCUT2D eigenvalue weighted by Crippen LogP contribution is 2.13. The first kappa shape index (κ1) is 16.2. The van der Waals surface area contributed by atoms with Crippen molar-refractivity contribution in [2.24, 2.45) is 0 Å². The second-order valence-corrected chi connectivity index (χ2v) is 4.77. The minimum absolute atomic E-state index is 0.342. The molecule has 0 aliphatic rings. The van der Waals surface area contributed by atoms with Gasteiger partial charge in [0.15, 0.2) is 0 Å². The smallest absolute Gasteiger partial charge is 0.326 e. The van der Waals surface area contributed by atoms with Crippen LogP contribution >= 0.6 is 0 Å². The van der Waals surface area contributed by atoms with Gasteiger partial charge < -0.3 is 15.2 Å². The molecule has 0 saturated heterocycles. The summed E-state index contributed by atoms with van der Waals surface area (Å²) in [5.41, 5.74) is 2.22. The summed E-state index contributed by atoms with van der Waals surface area (Å²) in [5.74, 6) is -1.37. The number of carboxylic acids is 1. The molecule has 5 nitrogen and oxygen atoms in total. The summed E-state index contributed by atoms with van der Waals surface area (Å²) in [6.07, 6.45) is 0.931. The lowest BCUT2D eigenvalue weighted by Crippen LogP contribution is -2.41. The van der Waals surface area contributed by atoms with E-state index in [0.29, 0.717) is 25.0 Å². The third-order valence-corrected chi connectivity index (χ3v) is 3.15. The molecule has 0 aliphatic heterocycles. The van der Waals surface area contributed by atoms with Gasteiger partial charge in [0.05, 0.1) is 0 Å². The molecule has 0 saturated carbocycles. The third kappa shape index (κ3) is 4.35. The van der Waals surface area contributed by atoms with Crippen molar-refractivity contribution in [3.05, 3.63) is 34.9 Å². The molecule has 1 rings (SSSR count). The van der Waals surface area contributed by atoms with Crippen molar-refractivity contribution < 1.29 is 19.4 Å². The van der Waals surface area contributed by atoms with Gasteiger partial charge >= 0.3 is 5.97 Å². The average Bonchev–Trinajstić information content (AvgIpc) is 2.37. The minimum Gasteiger partial charge on any atom is -0.480 e. The van der Waals surface area contributed by atoms with E-state index in [-0.39, 0.29) is 5.91 Å². The summed E-state index contributed by atoms with van der Waals surface area (Å²) in [6.45, 7) is 4.15. The zero-order valence-corrected chi connectivity index (χ0v) is 12.1. The van der Waals surface area contributed by atoms with Crippen molar-refractivity contribution in [2.75, 3.05) is 13.7 Å². The molecule has 2 N–H and O–H groups in total. The van der Waals surface area contributed by atoms with Gasteiger partial charge in [0.1, 0.15) is 6.04 Å². The van der Waals surface area contributed by atoms with E-state index in [1.165, 1.54) is 0 Å². The van der Waals surface area contributed by atoms with Gasteiger partial charge in [-0.05, 0) is 37.8 Å². The highest BCUT2D eigenvalue weighted by molar-refractivity contribution is 5.99. The Kier molecular flexibility index (Phi) is 6.18. The monoisotopic (exact) mass is 279 g/mol. The predicted octanol–water partition coefficient (Wildman–Crippen LogP) is 1.91. The average molecular weight is 279 g/mol. The maximum atomic E-state index is 12.2. The van der Waals surface area contributed by atoms with Crippen LogP contribution in [-0.4, -0.2) is 36.7 Å². The molecule has 20 heavy (non-hydrogen) atoms. The number of carboxylic acid groups (broad SMARTS) is 1. The second-order valence-electron chi connectivity index (χ2n) is 4.77. The van der Waals surface area contributed by atoms with Crippen molar-refractivity contribution in [2.45, 2.75) is 32.7 Å². The lowest BCUT2D eigenvalue weighted by atomic mass is 10.0.